The Labute approximate surface area is 87.7 Å². The first-order valence-corrected chi connectivity index (χ1v) is 4.87. The van der Waals surface area contributed by atoms with Crippen LogP contribution in [0, 0.1) is 6.92 Å². The minimum Gasteiger partial charge on any atom is -0.392 e. The molecule has 14 heavy (non-hydrogen) atoms. The van der Waals surface area contributed by atoms with Gasteiger partial charge in [-0.1, -0.05) is 23.7 Å². The molecule has 0 spiro atoms. The number of rotatable bonds is 1. The molecule has 0 fully saturated rings. The summed E-state index contributed by atoms with van der Waals surface area (Å²) < 4.78 is 1.90. The molecule has 0 amide bonds. The molecule has 0 saturated carbocycles. The summed E-state index contributed by atoms with van der Waals surface area (Å²) in [5.41, 5.74) is 3.07. The maximum atomic E-state index is 9.20. The van der Waals surface area contributed by atoms with Gasteiger partial charge in [0.05, 0.1) is 6.61 Å². The fraction of sp³-hybridized carbons (Fsp3) is 0.273. The average Bonchev–Trinajstić information content (AvgIpc) is 2.41. The number of aromatic nitrogens is 1. The van der Waals surface area contributed by atoms with Crippen molar-refractivity contribution in [1.29, 1.82) is 0 Å². The molecule has 3 heteroatoms. The number of aliphatic hydroxyl groups is 1. The third-order valence-electron chi connectivity index (χ3n) is 2.54. The van der Waals surface area contributed by atoms with E-state index in [0.717, 1.165) is 16.5 Å². The van der Waals surface area contributed by atoms with E-state index in [1.165, 1.54) is 5.56 Å². The van der Waals surface area contributed by atoms with Gasteiger partial charge in [0.2, 0.25) is 0 Å². The predicted octanol–water partition coefficient (Wildman–Crippen LogP) is 2.63. The van der Waals surface area contributed by atoms with Gasteiger partial charge >= 0.3 is 0 Å². The van der Waals surface area contributed by atoms with Crippen molar-refractivity contribution in [2.45, 2.75) is 13.5 Å². The quantitative estimate of drug-likeness (QED) is 0.768. The van der Waals surface area contributed by atoms with Crippen molar-refractivity contribution < 1.29 is 5.11 Å². The van der Waals surface area contributed by atoms with Crippen LogP contribution in [0.3, 0.4) is 0 Å². The highest BCUT2D eigenvalue weighted by Crippen LogP contribution is 2.29. The number of aliphatic hydroxyl groups excluding tert-OH is 1. The van der Waals surface area contributed by atoms with Gasteiger partial charge < -0.3 is 9.67 Å². The molecule has 0 radical (unpaired) electrons. The number of fused-ring (bicyclic) bond motifs is 1. The number of hydrogen-bond acceptors (Lipinski definition) is 1. The zero-order valence-corrected chi connectivity index (χ0v) is 8.97. The van der Waals surface area contributed by atoms with E-state index in [-0.39, 0.29) is 6.61 Å². The van der Waals surface area contributed by atoms with Crippen LogP contribution < -0.4 is 0 Å². The van der Waals surface area contributed by atoms with Gasteiger partial charge in [-0.05, 0) is 18.6 Å². The van der Waals surface area contributed by atoms with E-state index in [4.69, 9.17) is 11.6 Å². The molecule has 0 aliphatic heterocycles. The van der Waals surface area contributed by atoms with Gasteiger partial charge in [0, 0.05) is 23.5 Å². The van der Waals surface area contributed by atoms with Crippen LogP contribution in [0.5, 0.6) is 0 Å². The van der Waals surface area contributed by atoms with E-state index in [9.17, 15) is 5.11 Å². The van der Waals surface area contributed by atoms with Crippen LogP contribution in [0.25, 0.3) is 10.9 Å². The lowest BCUT2D eigenvalue weighted by Gasteiger charge is -1.97. The molecule has 74 valence electrons. The van der Waals surface area contributed by atoms with Crippen molar-refractivity contribution in [3.05, 3.63) is 34.5 Å². The van der Waals surface area contributed by atoms with Crippen molar-refractivity contribution in [1.82, 2.24) is 4.57 Å². The highest BCUT2D eigenvalue weighted by atomic mass is 35.5. The lowest BCUT2D eigenvalue weighted by Crippen LogP contribution is -1.87. The molecule has 1 heterocycles. The fourth-order valence-corrected chi connectivity index (χ4v) is 2.00. The first kappa shape index (κ1) is 9.56. The second kappa shape index (κ2) is 3.30. The van der Waals surface area contributed by atoms with Crippen LogP contribution in [-0.2, 0) is 13.7 Å². The van der Waals surface area contributed by atoms with Gasteiger partial charge in [-0.25, -0.2) is 0 Å². The summed E-state index contributed by atoms with van der Waals surface area (Å²) in [6.07, 6.45) is 0. The highest BCUT2D eigenvalue weighted by molar-refractivity contribution is 6.32. The Morgan fingerprint density at radius 1 is 1.43 bits per heavy atom. The minimum absolute atomic E-state index is 0.0146. The van der Waals surface area contributed by atoms with Gasteiger partial charge in [-0.3, -0.25) is 0 Å². The van der Waals surface area contributed by atoms with Gasteiger partial charge in [0.1, 0.15) is 5.15 Å². The largest absolute Gasteiger partial charge is 0.392 e. The zero-order chi connectivity index (χ0) is 10.3. The zero-order valence-electron chi connectivity index (χ0n) is 8.21. The van der Waals surface area contributed by atoms with Gasteiger partial charge in [0.15, 0.2) is 0 Å². The number of nitrogens with zero attached hydrogens (tertiary/aromatic N) is 1. The molecule has 1 aromatic heterocycles. The molecular weight excluding hydrogens is 198 g/mol. The summed E-state index contributed by atoms with van der Waals surface area (Å²) in [7, 11) is 1.91. The van der Waals surface area contributed by atoms with Crippen molar-refractivity contribution >= 4 is 22.5 Å². The Morgan fingerprint density at radius 3 is 2.79 bits per heavy atom. The van der Waals surface area contributed by atoms with Gasteiger partial charge in [0.25, 0.3) is 0 Å². The van der Waals surface area contributed by atoms with Gasteiger partial charge in [-0.15, -0.1) is 0 Å². The third-order valence-corrected chi connectivity index (χ3v) is 3.02. The van der Waals surface area contributed by atoms with Crippen molar-refractivity contribution in [3.63, 3.8) is 0 Å². The number of hydrogen-bond donors (Lipinski definition) is 1. The van der Waals surface area contributed by atoms with Gasteiger partial charge in [-0.2, -0.15) is 0 Å². The van der Waals surface area contributed by atoms with Crippen molar-refractivity contribution in [2.75, 3.05) is 0 Å². The van der Waals surface area contributed by atoms with E-state index in [1.54, 1.807) is 0 Å². The molecule has 2 aromatic rings. The average molecular weight is 210 g/mol. The maximum Gasteiger partial charge on any atom is 0.115 e. The Hall–Kier alpha value is -0.990. The van der Waals surface area contributed by atoms with Crippen LogP contribution in [0.4, 0.5) is 0 Å². The highest BCUT2D eigenvalue weighted by Gasteiger charge is 2.11. The van der Waals surface area contributed by atoms with Crippen molar-refractivity contribution in [2.24, 2.45) is 7.05 Å². The second-order valence-corrected chi connectivity index (χ2v) is 3.87. The molecule has 1 aromatic carbocycles. The minimum atomic E-state index is -0.0146. The Bertz CT molecular complexity index is 487. The number of benzene rings is 1. The van der Waals surface area contributed by atoms with E-state index in [2.05, 4.69) is 6.07 Å². The van der Waals surface area contributed by atoms with Crippen LogP contribution in [-0.4, -0.2) is 9.67 Å². The van der Waals surface area contributed by atoms with E-state index in [0.29, 0.717) is 5.15 Å². The van der Waals surface area contributed by atoms with E-state index >= 15 is 0 Å². The summed E-state index contributed by atoms with van der Waals surface area (Å²) >= 11 is 6.09. The Morgan fingerprint density at radius 2 is 2.14 bits per heavy atom. The summed E-state index contributed by atoms with van der Waals surface area (Å²) in [5.74, 6) is 0. The molecule has 0 aliphatic carbocycles. The van der Waals surface area contributed by atoms with E-state index < -0.39 is 0 Å². The monoisotopic (exact) mass is 209 g/mol. The van der Waals surface area contributed by atoms with Crippen molar-refractivity contribution in [3.8, 4) is 0 Å². The molecule has 0 atom stereocenters. The summed E-state index contributed by atoms with van der Waals surface area (Å²) in [6.45, 7) is 2.03. The van der Waals surface area contributed by atoms with E-state index in [1.807, 2.05) is 30.7 Å². The summed E-state index contributed by atoms with van der Waals surface area (Å²) in [5, 5.41) is 10.9. The van der Waals surface area contributed by atoms with Crippen LogP contribution in [0.2, 0.25) is 5.15 Å². The van der Waals surface area contributed by atoms with Crippen LogP contribution >= 0.6 is 11.6 Å². The molecule has 0 aliphatic rings. The predicted molar refractivity (Wildman–Crippen MR) is 58.6 cm³/mol. The molecule has 0 bridgehead atoms. The smallest absolute Gasteiger partial charge is 0.115 e. The SMILES string of the molecule is Cc1ccc2c(CO)c(Cl)n(C)c2c1. The number of aryl methyl sites for hydroxylation is 2. The topological polar surface area (TPSA) is 25.2 Å². The lowest BCUT2D eigenvalue weighted by molar-refractivity contribution is 0.283. The molecule has 2 rings (SSSR count). The molecule has 0 saturated heterocycles. The molecule has 2 nitrogen and oxygen atoms in total. The first-order chi connectivity index (χ1) is 6.65. The standard InChI is InChI=1S/C11H12ClNO/c1-7-3-4-8-9(6-14)11(12)13(2)10(8)5-7/h3-5,14H,6H2,1-2H3. The molecule has 0 unspecified atom stereocenters. The van der Waals surface area contributed by atoms with Crippen LogP contribution in [0.1, 0.15) is 11.1 Å². The van der Waals surface area contributed by atoms with Crippen LogP contribution in [0.15, 0.2) is 18.2 Å². The Balaban J connectivity index is 2.88. The number of halogens is 1. The Kier molecular flexibility index (Phi) is 2.25. The maximum absolute atomic E-state index is 9.20. The fourth-order valence-electron chi connectivity index (χ4n) is 1.74. The summed E-state index contributed by atoms with van der Waals surface area (Å²) in [4.78, 5) is 0. The summed E-state index contributed by atoms with van der Waals surface area (Å²) in [6, 6.07) is 6.10. The third kappa shape index (κ3) is 1.22. The lowest BCUT2D eigenvalue weighted by atomic mass is 10.1. The molecular formula is C11H12ClNO. The molecule has 1 N–H and O–H groups in total. The first-order valence-electron chi connectivity index (χ1n) is 4.49. The second-order valence-electron chi connectivity index (χ2n) is 3.51. The normalized spacial score (nSPS) is 11.1.